The summed E-state index contributed by atoms with van der Waals surface area (Å²) in [4.78, 5) is 12.4. The lowest BCUT2D eigenvalue weighted by Crippen LogP contribution is -2.22. The van der Waals surface area contributed by atoms with Crippen molar-refractivity contribution >= 4 is 34.8 Å². The summed E-state index contributed by atoms with van der Waals surface area (Å²) in [5.41, 5.74) is 2.40. The zero-order valence-corrected chi connectivity index (χ0v) is 16.7. The number of thioether (sulfide) groups is 1. The fourth-order valence-corrected chi connectivity index (χ4v) is 4.60. The summed E-state index contributed by atoms with van der Waals surface area (Å²) in [6.45, 7) is 7.18. The van der Waals surface area contributed by atoms with E-state index in [4.69, 9.17) is 4.74 Å². The first-order valence-electron chi connectivity index (χ1n) is 8.43. The van der Waals surface area contributed by atoms with Crippen LogP contribution in [0.3, 0.4) is 0 Å². The van der Waals surface area contributed by atoms with E-state index < -0.39 is 0 Å². The van der Waals surface area contributed by atoms with Crippen LogP contribution in [0.5, 0.6) is 0 Å². The van der Waals surface area contributed by atoms with Gasteiger partial charge in [-0.15, -0.1) is 10.2 Å². The molecule has 0 spiro atoms. The molecule has 1 amide bonds. The van der Waals surface area contributed by atoms with Crippen LogP contribution >= 0.6 is 23.1 Å². The van der Waals surface area contributed by atoms with Crippen molar-refractivity contribution in [1.82, 2.24) is 14.8 Å². The summed E-state index contributed by atoms with van der Waals surface area (Å²) in [5.74, 6) is 0.630. The molecule has 0 saturated carbocycles. The molecule has 26 heavy (non-hydrogen) atoms. The van der Waals surface area contributed by atoms with Crippen LogP contribution in [0, 0.1) is 32.1 Å². The molecule has 1 atom stereocenters. The van der Waals surface area contributed by atoms with E-state index in [0.717, 1.165) is 40.1 Å². The van der Waals surface area contributed by atoms with E-state index in [1.54, 1.807) is 0 Å². The van der Waals surface area contributed by atoms with E-state index in [1.807, 2.05) is 25.3 Å². The van der Waals surface area contributed by atoms with Gasteiger partial charge >= 0.3 is 0 Å². The first kappa shape index (κ1) is 18.9. The Morgan fingerprint density at radius 3 is 2.88 bits per heavy atom. The average molecular weight is 392 g/mol. The number of nitrogens with zero attached hydrogens (tertiary/aromatic N) is 4. The number of carbonyl (C=O) groups excluding carboxylic acids is 1. The van der Waals surface area contributed by atoms with Crippen molar-refractivity contribution in [3.63, 3.8) is 0 Å². The van der Waals surface area contributed by atoms with Crippen LogP contribution in [0.4, 0.5) is 5.82 Å². The summed E-state index contributed by atoms with van der Waals surface area (Å²) >= 11 is 2.81. The van der Waals surface area contributed by atoms with Crippen molar-refractivity contribution in [1.29, 1.82) is 5.26 Å². The lowest BCUT2D eigenvalue weighted by molar-refractivity contribution is -0.113. The minimum Gasteiger partial charge on any atom is -0.376 e. The largest absolute Gasteiger partial charge is 0.376 e. The van der Waals surface area contributed by atoms with Crippen molar-refractivity contribution < 1.29 is 9.53 Å². The van der Waals surface area contributed by atoms with Crippen LogP contribution in [0.2, 0.25) is 0 Å². The van der Waals surface area contributed by atoms with Crippen LogP contribution in [-0.4, -0.2) is 39.1 Å². The number of nitriles is 1. The number of hydrogen-bond acceptors (Lipinski definition) is 7. The Hall–Kier alpha value is -1.89. The zero-order chi connectivity index (χ0) is 18.7. The SMILES string of the molecule is Cc1nnc(SCC(=O)Nc2c(C#N)c(C)c(C)n2CC2CCCO2)s1. The monoisotopic (exact) mass is 391 g/mol. The fourth-order valence-electron chi connectivity index (χ4n) is 2.98. The normalized spacial score (nSPS) is 16.6. The van der Waals surface area contributed by atoms with Crippen molar-refractivity contribution in [2.75, 3.05) is 17.7 Å². The van der Waals surface area contributed by atoms with E-state index >= 15 is 0 Å². The molecule has 1 saturated heterocycles. The molecule has 0 radical (unpaired) electrons. The van der Waals surface area contributed by atoms with Crippen molar-refractivity contribution in [3.8, 4) is 6.07 Å². The second-order valence-corrected chi connectivity index (χ2v) is 8.62. The Bertz CT molecular complexity index is 846. The molecule has 0 aliphatic carbocycles. The van der Waals surface area contributed by atoms with Gasteiger partial charge in [-0.3, -0.25) is 4.79 Å². The highest BCUT2D eigenvalue weighted by Crippen LogP contribution is 2.29. The zero-order valence-electron chi connectivity index (χ0n) is 15.0. The predicted octanol–water partition coefficient (Wildman–Crippen LogP) is 3.05. The van der Waals surface area contributed by atoms with Gasteiger partial charge in [0.05, 0.1) is 24.0 Å². The van der Waals surface area contributed by atoms with Gasteiger partial charge in [0.1, 0.15) is 16.9 Å². The van der Waals surface area contributed by atoms with Crippen LogP contribution in [0.1, 0.15) is 34.7 Å². The lowest BCUT2D eigenvalue weighted by atomic mass is 10.2. The molecule has 7 nitrogen and oxygen atoms in total. The highest BCUT2D eigenvalue weighted by atomic mass is 32.2. The molecule has 1 unspecified atom stereocenters. The number of amides is 1. The number of aromatic nitrogens is 3. The van der Waals surface area contributed by atoms with Gasteiger partial charge in [-0.1, -0.05) is 23.1 Å². The summed E-state index contributed by atoms with van der Waals surface area (Å²) in [6, 6.07) is 2.23. The molecule has 3 rings (SSSR count). The fraction of sp³-hybridized carbons (Fsp3) is 0.529. The Kier molecular flexibility index (Phi) is 5.96. The quantitative estimate of drug-likeness (QED) is 0.761. The van der Waals surface area contributed by atoms with Crippen LogP contribution in [-0.2, 0) is 16.1 Å². The molecule has 2 aromatic heterocycles. The Labute approximate surface area is 160 Å². The maximum atomic E-state index is 12.4. The molecule has 1 fully saturated rings. The first-order chi connectivity index (χ1) is 12.5. The summed E-state index contributed by atoms with van der Waals surface area (Å²) in [6.07, 6.45) is 2.17. The average Bonchev–Trinajstić information content (AvgIpc) is 3.32. The third-order valence-electron chi connectivity index (χ3n) is 4.44. The molecule has 2 aromatic rings. The van der Waals surface area contributed by atoms with Crippen LogP contribution in [0.15, 0.2) is 4.34 Å². The summed E-state index contributed by atoms with van der Waals surface area (Å²) in [5, 5.41) is 21.3. The van der Waals surface area contributed by atoms with E-state index in [-0.39, 0.29) is 17.8 Å². The minimum atomic E-state index is -0.162. The van der Waals surface area contributed by atoms with Crippen LogP contribution < -0.4 is 5.32 Å². The van der Waals surface area contributed by atoms with Gasteiger partial charge in [-0.25, -0.2) is 0 Å². The van der Waals surface area contributed by atoms with E-state index in [2.05, 4.69) is 21.6 Å². The highest BCUT2D eigenvalue weighted by molar-refractivity contribution is 8.01. The topological polar surface area (TPSA) is 92.8 Å². The number of nitrogens with one attached hydrogen (secondary N) is 1. The maximum Gasteiger partial charge on any atom is 0.235 e. The van der Waals surface area contributed by atoms with Gasteiger partial charge in [0.15, 0.2) is 4.34 Å². The highest BCUT2D eigenvalue weighted by Gasteiger charge is 2.24. The van der Waals surface area contributed by atoms with Gasteiger partial charge in [0.2, 0.25) is 5.91 Å². The molecular formula is C17H21N5O2S2. The van der Waals surface area contributed by atoms with Gasteiger partial charge in [0.25, 0.3) is 0 Å². The molecule has 0 bridgehead atoms. The third-order valence-corrected chi connectivity index (χ3v) is 6.42. The van der Waals surface area contributed by atoms with E-state index in [1.165, 1.54) is 23.1 Å². The number of rotatable bonds is 6. The van der Waals surface area contributed by atoms with Gasteiger partial charge in [-0.05, 0) is 39.2 Å². The standard InChI is InChI=1S/C17H21N5O2S2/c1-10-11(2)22(8-13-5-4-6-24-13)16(14(10)7-18)19-15(23)9-25-17-21-20-12(3)26-17/h13H,4-6,8-9H2,1-3H3,(H,19,23). The minimum absolute atomic E-state index is 0.126. The Morgan fingerprint density at radius 2 is 2.27 bits per heavy atom. The first-order valence-corrected chi connectivity index (χ1v) is 10.2. The van der Waals surface area contributed by atoms with Gasteiger partial charge < -0.3 is 14.6 Å². The molecule has 1 N–H and O–H groups in total. The van der Waals surface area contributed by atoms with E-state index in [0.29, 0.717) is 17.9 Å². The van der Waals surface area contributed by atoms with Gasteiger partial charge in [0, 0.05) is 12.3 Å². The Morgan fingerprint density at radius 1 is 1.46 bits per heavy atom. The number of ether oxygens (including phenoxy) is 1. The second kappa shape index (κ2) is 8.20. The summed E-state index contributed by atoms with van der Waals surface area (Å²) in [7, 11) is 0. The smallest absolute Gasteiger partial charge is 0.235 e. The van der Waals surface area contributed by atoms with Crippen molar-refractivity contribution in [2.24, 2.45) is 0 Å². The number of hydrogen-bond donors (Lipinski definition) is 1. The Balaban J connectivity index is 1.75. The van der Waals surface area contributed by atoms with Crippen molar-refractivity contribution in [2.45, 2.75) is 50.6 Å². The lowest BCUT2D eigenvalue weighted by Gasteiger charge is -2.16. The second-order valence-electron chi connectivity index (χ2n) is 6.22. The maximum absolute atomic E-state index is 12.4. The molecular weight excluding hydrogens is 370 g/mol. The number of carbonyl (C=O) groups is 1. The molecule has 3 heterocycles. The molecule has 9 heteroatoms. The van der Waals surface area contributed by atoms with Crippen LogP contribution in [0.25, 0.3) is 0 Å². The van der Waals surface area contributed by atoms with E-state index in [9.17, 15) is 10.1 Å². The number of aryl methyl sites for hydroxylation is 1. The molecule has 1 aliphatic rings. The predicted molar refractivity (Wildman–Crippen MR) is 102 cm³/mol. The van der Waals surface area contributed by atoms with Gasteiger partial charge in [-0.2, -0.15) is 5.26 Å². The molecule has 138 valence electrons. The summed E-state index contributed by atoms with van der Waals surface area (Å²) < 4.78 is 8.49. The molecule has 0 aromatic carbocycles. The molecule has 1 aliphatic heterocycles. The third kappa shape index (κ3) is 4.09. The van der Waals surface area contributed by atoms with Crippen molar-refractivity contribution in [3.05, 3.63) is 21.8 Å². The number of anilines is 1.